The molecule has 0 spiro atoms. The minimum Gasteiger partial charge on any atom is -0.395 e. The van der Waals surface area contributed by atoms with E-state index in [4.69, 9.17) is 9.68 Å². The van der Waals surface area contributed by atoms with Gasteiger partial charge in [-0.2, -0.15) is 0 Å². The van der Waals surface area contributed by atoms with Crippen molar-refractivity contribution in [1.82, 2.24) is 0 Å². The summed E-state index contributed by atoms with van der Waals surface area (Å²) >= 11 is 0. The summed E-state index contributed by atoms with van der Waals surface area (Å²) in [5.74, 6) is 0. The fraction of sp³-hybridized carbons (Fsp3) is 0.222. The smallest absolute Gasteiger partial charge is 0.139 e. The maximum absolute atomic E-state index is 5.48. The normalized spacial score (nSPS) is 20.5. The average molecular weight is 294 g/mol. The third-order valence-corrected chi connectivity index (χ3v) is 3.35. The van der Waals surface area contributed by atoms with Crippen LogP contribution in [-0.2, 0) is 9.68 Å². The fourth-order valence-corrected chi connectivity index (χ4v) is 2.21. The highest BCUT2D eigenvalue weighted by atomic mass is 16.6. The van der Waals surface area contributed by atoms with Gasteiger partial charge in [-0.25, -0.2) is 0 Å². The van der Waals surface area contributed by atoms with Crippen molar-refractivity contribution in [2.45, 2.75) is 12.8 Å². The number of rotatable bonds is 2. The molecule has 0 saturated carbocycles. The lowest BCUT2D eigenvalue weighted by atomic mass is 10.00. The van der Waals surface area contributed by atoms with E-state index in [-0.39, 0.29) is 0 Å². The van der Waals surface area contributed by atoms with Gasteiger partial charge in [0.1, 0.15) is 24.6 Å². The number of hydrogen-bond donors (Lipinski definition) is 0. The van der Waals surface area contributed by atoms with E-state index in [1.54, 1.807) is 0 Å². The Labute approximate surface area is 130 Å². The Hall–Kier alpha value is -2.62. The lowest BCUT2D eigenvalue weighted by molar-refractivity contribution is 0.108. The van der Waals surface area contributed by atoms with Crippen LogP contribution in [0.3, 0.4) is 0 Å². The van der Waals surface area contributed by atoms with Gasteiger partial charge in [-0.3, -0.25) is 0 Å². The first-order chi connectivity index (χ1) is 10.9. The van der Waals surface area contributed by atoms with Crippen molar-refractivity contribution in [3.8, 4) is 0 Å². The molecule has 0 saturated heterocycles. The van der Waals surface area contributed by atoms with E-state index in [1.165, 1.54) is 0 Å². The van der Waals surface area contributed by atoms with Crippen LogP contribution in [0.4, 0.5) is 0 Å². The highest BCUT2D eigenvalue weighted by molar-refractivity contribution is 6.53. The summed E-state index contributed by atoms with van der Waals surface area (Å²) in [6.07, 6.45) is 1.81. The predicted molar refractivity (Wildman–Crippen MR) is 87.1 cm³/mol. The second-order valence-electron chi connectivity index (χ2n) is 4.99. The molecule has 0 amide bonds. The molecule has 2 aromatic rings. The van der Waals surface area contributed by atoms with E-state index in [2.05, 4.69) is 10.3 Å². The average Bonchev–Trinajstić information content (AvgIpc) is 2.60. The second kappa shape index (κ2) is 7.41. The molecule has 0 radical (unpaired) electrons. The first kappa shape index (κ1) is 14.3. The SMILES string of the molecule is c1ccc(C2=N/OCCCCO\N=C\2c2ccccc2)cc1. The van der Waals surface area contributed by atoms with E-state index in [0.717, 1.165) is 24.0 Å². The summed E-state index contributed by atoms with van der Waals surface area (Å²) in [4.78, 5) is 11.0. The molecule has 0 aromatic heterocycles. The second-order valence-corrected chi connectivity index (χ2v) is 4.99. The number of nitrogens with zero attached hydrogens (tertiary/aromatic N) is 2. The van der Waals surface area contributed by atoms with Crippen LogP contribution >= 0.6 is 0 Å². The summed E-state index contributed by atoms with van der Waals surface area (Å²) in [5, 5.41) is 8.64. The van der Waals surface area contributed by atoms with Crippen molar-refractivity contribution < 1.29 is 9.68 Å². The Morgan fingerprint density at radius 3 is 1.41 bits per heavy atom. The molecular formula is C18H18N2O2. The summed E-state index contributed by atoms with van der Waals surface area (Å²) in [5.41, 5.74) is 3.28. The van der Waals surface area contributed by atoms with Crippen LogP contribution in [0.5, 0.6) is 0 Å². The van der Waals surface area contributed by atoms with Gasteiger partial charge < -0.3 is 9.68 Å². The van der Waals surface area contributed by atoms with Gasteiger partial charge in [0.25, 0.3) is 0 Å². The number of benzene rings is 2. The van der Waals surface area contributed by atoms with Crippen LogP contribution in [0.1, 0.15) is 24.0 Å². The van der Waals surface area contributed by atoms with Gasteiger partial charge in [0, 0.05) is 11.1 Å². The number of oxime groups is 2. The zero-order valence-electron chi connectivity index (χ0n) is 12.3. The summed E-state index contributed by atoms with van der Waals surface area (Å²) in [7, 11) is 0. The van der Waals surface area contributed by atoms with Gasteiger partial charge in [0.15, 0.2) is 0 Å². The molecule has 0 bridgehead atoms. The van der Waals surface area contributed by atoms with Gasteiger partial charge in [0.05, 0.1) is 0 Å². The van der Waals surface area contributed by atoms with Crippen molar-refractivity contribution in [2.75, 3.05) is 13.2 Å². The van der Waals surface area contributed by atoms with Crippen LogP contribution in [0.2, 0.25) is 0 Å². The molecule has 1 aliphatic rings. The molecular weight excluding hydrogens is 276 g/mol. The Balaban J connectivity index is 2.05. The lowest BCUT2D eigenvalue weighted by Gasteiger charge is -2.12. The third-order valence-electron chi connectivity index (χ3n) is 3.35. The Kier molecular flexibility index (Phi) is 4.82. The van der Waals surface area contributed by atoms with E-state index < -0.39 is 0 Å². The van der Waals surface area contributed by atoms with Crippen molar-refractivity contribution in [2.24, 2.45) is 10.3 Å². The van der Waals surface area contributed by atoms with E-state index in [1.807, 2.05) is 60.7 Å². The van der Waals surface area contributed by atoms with Gasteiger partial charge in [-0.1, -0.05) is 71.0 Å². The molecule has 4 nitrogen and oxygen atoms in total. The molecule has 0 fully saturated rings. The molecule has 0 atom stereocenters. The highest BCUT2D eigenvalue weighted by Crippen LogP contribution is 2.12. The van der Waals surface area contributed by atoms with Crippen LogP contribution in [0.15, 0.2) is 71.0 Å². The minimum atomic E-state index is 0.585. The van der Waals surface area contributed by atoms with Crippen molar-refractivity contribution in [3.63, 3.8) is 0 Å². The standard InChI is InChI=1S/C18H18N2O2/c1-3-9-15(10-4-1)17-18(16-11-5-2-6-12-16)20-22-14-8-7-13-21-19-17/h1-6,9-12H,7-8,13-14H2/b19-17-,20-18+. The molecule has 112 valence electrons. The third kappa shape index (κ3) is 3.52. The molecule has 2 aromatic carbocycles. The summed E-state index contributed by atoms with van der Waals surface area (Å²) < 4.78 is 0. The van der Waals surface area contributed by atoms with Gasteiger partial charge in [-0.05, 0) is 12.8 Å². The van der Waals surface area contributed by atoms with Crippen LogP contribution in [0.25, 0.3) is 0 Å². The van der Waals surface area contributed by atoms with Gasteiger partial charge >= 0.3 is 0 Å². The zero-order chi connectivity index (χ0) is 15.0. The van der Waals surface area contributed by atoms with E-state index in [0.29, 0.717) is 24.6 Å². The van der Waals surface area contributed by atoms with Crippen LogP contribution in [0, 0.1) is 0 Å². The van der Waals surface area contributed by atoms with E-state index in [9.17, 15) is 0 Å². The molecule has 0 aliphatic carbocycles. The predicted octanol–water partition coefficient (Wildman–Crippen LogP) is 3.62. The monoisotopic (exact) mass is 294 g/mol. The Morgan fingerprint density at radius 1 is 0.591 bits per heavy atom. The highest BCUT2D eigenvalue weighted by Gasteiger charge is 2.17. The van der Waals surface area contributed by atoms with Gasteiger partial charge in [-0.15, -0.1) is 0 Å². The van der Waals surface area contributed by atoms with Crippen molar-refractivity contribution in [3.05, 3.63) is 71.8 Å². The lowest BCUT2D eigenvalue weighted by Crippen LogP contribution is -2.19. The minimum absolute atomic E-state index is 0.585. The van der Waals surface area contributed by atoms with E-state index >= 15 is 0 Å². The number of hydrogen-bond acceptors (Lipinski definition) is 4. The van der Waals surface area contributed by atoms with Crippen LogP contribution in [-0.4, -0.2) is 24.6 Å². The van der Waals surface area contributed by atoms with Crippen molar-refractivity contribution in [1.29, 1.82) is 0 Å². The molecule has 0 N–H and O–H groups in total. The molecule has 0 unspecified atom stereocenters. The molecule has 4 heteroatoms. The van der Waals surface area contributed by atoms with Crippen LogP contribution < -0.4 is 0 Å². The summed E-state index contributed by atoms with van der Waals surface area (Å²) in [6, 6.07) is 19.8. The zero-order valence-corrected chi connectivity index (χ0v) is 12.3. The first-order valence-electron chi connectivity index (χ1n) is 7.46. The topological polar surface area (TPSA) is 43.2 Å². The maximum atomic E-state index is 5.48. The first-order valence-corrected chi connectivity index (χ1v) is 7.46. The molecule has 3 rings (SSSR count). The molecule has 1 aliphatic heterocycles. The van der Waals surface area contributed by atoms with Crippen molar-refractivity contribution >= 4 is 11.4 Å². The molecule has 1 heterocycles. The Bertz CT molecular complexity index is 592. The largest absolute Gasteiger partial charge is 0.395 e. The van der Waals surface area contributed by atoms with Gasteiger partial charge in [0.2, 0.25) is 0 Å². The quantitative estimate of drug-likeness (QED) is 0.849. The fourth-order valence-electron chi connectivity index (χ4n) is 2.21. The Morgan fingerprint density at radius 2 is 1.00 bits per heavy atom. The molecule has 22 heavy (non-hydrogen) atoms. The summed E-state index contributed by atoms with van der Waals surface area (Å²) in [6.45, 7) is 1.17. The maximum Gasteiger partial charge on any atom is 0.139 e.